The Balaban J connectivity index is 1.65. The van der Waals surface area contributed by atoms with Gasteiger partial charge in [-0.05, 0) is 47.6 Å². The number of Topliss-reactive ketones (excluding diaryl/α,β-unsaturated/α-hetero) is 1. The summed E-state index contributed by atoms with van der Waals surface area (Å²) in [6, 6.07) is 10.4. The summed E-state index contributed by atoms with van der Waals surface area (Å²) in [5.74, 6) is -0.547. The number of rotatable bonds is 3. The van der Waals surface area contributed by atoms with Crippen molar-refractivity contribution >= 4 is 38.8 Å². The van der Waals surface area contributed by atoms with Crippen LogP contribution in [0.25, 0.3) is 10.1 Å². The normalized spacial score (nSPS) is 24.5. The van der Waals surface area contributed by atoms with Crippen molar-refractivity contribution in [1.82, 2.24) is 10.6 Å². The molecule has 2 heterocycles. The summed E-state index contributed by atoms with van der Waals surface area (Å²) in [6.07, 6.45) is 1.91. The van der Waals surface area contributed by atoms with Crippen LogP contribution < -0.4 is 27.8 Å². The Labute approximate surface area is 209 Å². The standard InChI is InChI=1S/C27H33N5O2S/c1-26(2,3)14-6-8-15(9-7-14)27(30)17-10-11-18(28)22-19(17)20(21(29)24(27)33)23(35-22)25(34)32-16-5-4-12-31-13-16/h6-11,16,21,31H,4-5,12-13,28-30H2,1-3H3,(H,32,34). The molecule has 8 N–H and O–H groups in total. The largest absolute Gasteiger partial charge is 0.398 e. The van der Waals surface area contributed by atoms with Crippen LogP contribution in [0, 0.1) is 0 Å². The number of nitrogens with one attached hydrogen (secondary N) is 2. The highest BCUT2D eigenvalue weighted by atomic mass is 32.1. The number of nitrogens with two attached hydrogens (primary N) is 3. The first kappa shape index (κ1) is 23.9. The number of benzene rings is 2. The van der Waals surface area contributed by atoms with Crippen LogP contribution in [0.3, 0.4) is 0 Å². The van der Waals surface area contributed by atoms with E-state index in [-0.39, 0.29) is 23.1 Å². The van der Waals surface area contributed by atoms with Gasteiger partial charge in [-0.1, -0.05) is 51.1 Å². The number of piperidine rings is 1. The molecule has 7 nitrogen and oxygen atoms in total. The summed E-state index contributed by atoms with van der Waals surface area (Å²) in [5.41, 5.74) is 21.9. The zero-order valence-electron chi connectivity index (χ0n) is 20.4. The molecule has 0 radical (unpaired) electrons. The van der Waals surface area contributed by atoms with Crippen molar-refractivity contribution in [3.05, 3.63) is 63.5 Å². The number of carbonyl (C=O) groups is 2. The number of ketones is 1. The van der Waals surface area contributed by atoms with Crippen LogP contribution in [0.4, 0.5) is 5.69 Å². The molecule has 1 fully saturated rings. The molecule has 2 aliphatic rings. The monoisotopic (exact) mass is 491 g/mol. The van der Waals surface area contributed by atoms with Gasteiger partial charge in [-0.2, -0.15) is 0 Å². The van der Waals surface area contributed by atoms with E-state index in [1.165, 1.54) is 11.3 Å². The van der Waals surface area contributed by atoms with Gasteiger partial charge < -0.3 is 27.8 Å². The van der Waals surface area contributed by atoms with Gasteiger partial charge in [0.15, 0.2) is 5.78 Å². The molecule has 3 aromatic rings. The van der Waals surface area contributed by atoms with Crippen molar-refractivity contribution in [2.24, 2.45) is 11.5 Å². The van der Waals surface area contributed by atoms with E-state index in [2.05, 4.69) is 31.4 Å². The van der Waals surface area contributed by atoms with Gasteiger partial charge in [-0.3, -0.25) is 9.59 Å². The van der Waals surface area contributed by atoms with Crippen LogP contribution >= 0.6 is 11.3 Å². The molecular weight excluding hydrogens is 458 g/mol. The Morgan fingerprint density at radius 3 is 2.51 bits per heavy atom. The highest BCUT2D eigenvalue weighted by molar-refractivity contribution is 7.21. The molecule has 3 unspecified atom stereocenters. The lowest BCUT2D eigenvalue weighted by molar-refractivity contribution is -0.124. The lowest BCUT2D eigenvalue weighted by Crippen LogP contribution is -2.52. The van der Waals surface area contributed by atoms with Gasteiger partial charge in [0.25, 0.3) is 5.91 Å². The molecule has 0 bridgehead atoms. The molecule has 8 heteroatoms. The van der Waals surface area contributed by atoms with Crippen LogP contribution in [0.2, 0.25) is 0 Å². The summed E-state index contributed by atoms with van der Waals surface area (Å²) < 4.78 is 0.744. The number of hydrogen-bond donors (Lipinski definition) is 5. The van der Waals surface area contributed by atoms with E-state index >= 15 is 0 Å². The van der Waals surface area contributed by atoms with Gasteiger partial charge in [0.05, 0.1) is 15.6 Å². The van der Waals surface area contributed by atoms with Gasteiger partial charge in [0.1, 0.15) is 5.54 Å². The van der Waals surface area contributed by atoms with E-state index in [9.17, 15) is 9.59 Å². The lowest BCUT2D eigenvalue weighted by atomic mass is 9.70. The summed E-state index contributed by atoms with van der Waals surface area (Å²) in [7, 11) is 0. The number of thiophene rings is 1. The molecule has 3 atom stereocenters. The second-order valence-corrected chi connectivity index (χ2v) is 11.8. The zero-order chi connectivity index (χ0) is 25.1. The molecule has 2 aromatic carbocycles. The van der Waals surface area contributed by atoms with Gasteiger partial charge in [-0.25, -0.2) is 0 Å². The molecule has 1 saturated heterocycles. The summed E-state index contributed by atoms with van der Waals surface area (Å²) in [6.45, 7) is 8.09. The van der Waals surface area contributed by atoms with Gasteiger partial charge in [0, 0.05) is 29.2 Å². The average Bonchev–Trinajstić information content (AvgIpc) is 3.24. The quantitative estimate of drug-likeness (QED) is 0.357. The molecular formula is C27H33N5O2S. The second-order valence-electron chi connectivity index (χ2n) is 10.7. The minimum atomic E-state index is -1.43. The number of anilines is 1. The third-order valence-electron chi connectivity index (χ3n) is 7.36. The van der Waals surface area contributed by atoms with Crippen LogP contribution in [-0.2, 0) is 15.7 Å². The molecule has 184 valence electrons. The maximum Gasteiger partial charge on any atom is 0.262 e. The van der Waals surface area contributed by atoms with Crippen molar-refractivity contribution < 1.29 is 9.59 Å². The molecule has 35 heavy (non-hydrogen) atoms. The maximum absolute atomic E-state index is 13.9. The third kappa shape index (κ3) is 3.76. The van der Waals surface area contributed by atoms with Crippen LogP contribution in [0.1, 0.15) is 71.6 Å². The minimum Gasteiger partial charge on any atom is -0.398 e. The zero-order valence-corrected chi connectivity index (χ0v) is 21.2. The Kier molecular flexibility index (Phi) is 5.75. The fourth-order valence-electron chi connectivity index (χ4n) is 5.31. The summed E-state index contributed by atoms with van der Waals surface area (Å²) >= 11 is 1.29. The van der Waals surface area contributed by atoms with Gasteiger partial charge in [-0.15, -0.1) is 11.3 Å². The van der Waals surface area contributed by atoms with Crippen LogP contribution in [-0.4, -0.2) is 30.8 Å². The van der Waals surface area contributed by atoms with Crippen molar-refractivity contribution in [2.75, 3.05) is 18.8 Å². The highest BCUT2D eigenvalue weighted by Crippen LogP contribution is 2.49. The Bertz CT molecular complexity index is 1320. The number of nitrogen functional groups attached to an aromatic ring is 1. The Morgan fingerprint density at radius 1 is 1.17 bits per heavy atom. The number of carbonyl (C=O) groups excluding carboxylic acids is 2. The van der Waals surface area contributed by atoms with E-state index in [4.69, 9.17) is 17.2 Å². The predicted molar refractivity (Wildman–Crippen MR) is 142 cm³/mol. The summed E-state index contributed by atoms with van der Waals surface area (Å²) in [5, 5.41) is 7.15. The molecule has 1 amide bonds. The fourth-order valence-corrected chi connectivity index (χ4v) is 6.51. The first-order valence-corrected chi connectivity index (χ1v) is 12.9. The first-order chi connectivity index (χ1) is 16.5. The molecule has 1 aliphatic carbocycles. The highest BCUT2D eigenvalue weighted by Gasteiger charge is 2.48. The maximum atomic E-state index is 13.9. The number of amides is 1. The van der Waals surface area contributed by atoms with Gasteiger partial charge in [0.2, 0.25) is 0 Å². The molecule has 1 aromatic heterocycles. The summed E-state index contributed by atoms with van der Waals surface area (Å²) in [4.78, 5) is 27.7. The van der Waals surface area contributed by atoms with Crippen LogP contribution in [0.15, 0.2) is 36.4 Å². The SMILES string of the molecule is CC(C)(C)c1ccc(C2(N)C(=O)C(N)c3c(C(=O)NC4CCCNC4)sc4c(N)ccc2c34)cc1. The van der Waals surface area contributed by atoms with E-state index in [0.717, 1.165) is 41.6 Å². The predicted octanol–water partition coefficient (Wildman–Crippen LogP) is 3.05. The second kappa shape index (κ2) is 8.41. The van der Waals surface area contributed by atoms with Crippen molar-refractivity contribution in [2.45, 2.75) is 56.7 Å². The van der Waals surface area contributed by atoms with Crippen molar-refractivity contribution in [3.8, 4) is 0 Å². The Morgan fingerprint density at radius 2 is 1.89 bits per heavy atom. The van der Waals surface area contributed by atoms with Gasteiger partial charge >= 0.3 is 0 Å². The van der Waals surface area contributed by atoms with E-state index < -0.39 is 11.6 Å². The number of hydrogen-bond acceptors (Lipinski definition) is 7. The van der Waals surface area contributed by atoms with Crippen LogP contribution in [0.5, 0.6) is 0 Å². The fraction of sp³-hybridized carbons (Fsp3) is 0.407. The van der Waals surface area contributed by atoms with Crippen molar-refractivity contribution in [3.63, 3.8) is 0 Å². The molecule has 5 rings (SSSR count). The molecule has 1 aliphatic heterocycles. The third-order valence-corrected chi connectivity index (χ3v) is 8.61. The molecule has 0 spiro atoms. The molecule has 0 saturated carbocycles. The lowest BCUT2D eigenvalue weighted by Gasteiger charge is -2.37. The topological polar surface area (TPSA) is 136 Å². The minimum absolute atomic E-state index is 0.0294. The van der Waals surface area contributed by atoms with E-state index in [0.29, 0.717) is 27.3 Å². The Hall–Kier alpha value is -2.78. The van der Waals surface area contributed by atoms with E-state index in [1.54, 1.807) is 6.07 Å². The van der Waals surface area contributed by atoms with E-state index in [1.807, 2.05) is 30.3 Å². The average molecular weight is 492 g/mol. The smallest absolute Gasteiger partial charge is 0.262 e. The first-order valence-electron chi connectivity index (χ1n) is 12.1. The van der Waals surface area contributed by atoms with Crippen molar-refractivity contribution in [1.29, 1.82) is 0 Å².